The van der Waals surface area contributed by atoms with Gasteiger partial charge in [-0.25, -0.2) is 4.98 Å². The zero-order valence-electron chi connectivity index (χ0n) is 10.6. The Hall–Kier alpha value is -1.40. The molecule has 0 aliphatic heterocycles. The molecule has 0 aliphatic rings. The third kappa shape index (κ3) is 3.83. The summed E-state index contributed by atoms with van der Waals surface area (Å²) in [7, 11) is 3.85. The number of rotatable bonds is 6. The lowest BCUT2D eigenvalue weighted by Gasteiger charge is -2.23. The molecule has 1 atom stereocenters. The van der Waals surface area contributed by atoms with Gasteiger partial charge in [-0.2, -0.15) is 0 Å². The van der Waals surface area contributed by atoms with Gasteiger partial charge in [-0.1, -0.05) is 0 Å². The topological polar surface area (TPSA) is 84.4 Å². The van der Waals surface area contributed by atoms with Crippen LogP contribution in [0.4, 0.5) is 0 Å². The van der Waals surface area contributed by atoms with Crippen LogP contribution >= 0.6 is 0 Å². The van der Waals surface area contributed by atoms with Gasteiger partial charge in [-0.3, -0.25) is 9.69 Å². The minimum atomic E-state index is -1.17. The van der Waals surface area contributed by atoms with Crippen LogP contribution in [0.25, 0.3) is 0 Å². The van der Waals surface area contributed by atoms with Gasteiger partial charge in [0.25, 0.3) is 0 Å². The summed E-state index contributed by atoms with van der Waals surface area (Å²) in [5.74, 6) is -0.0237. The molecule has 6 heteroatoms. The van der Waals surface area contributed by atoms with Crippen molar-refractivity contribution >= 4 is 5.97 Å². The zero-order chi connectivity index (χ0) is 13.1. The van der Waals surface area contributed by atoms with E-state index >= 15 is 0 Å². The van der Waals surface area contributed by atoms with Crippen molar-refractivity contribution in [3.05, 3.63) is 18.2 Å². The lowest BCUT2D eigenvalue weighted by Crippen LogP contribution is -2.47. The number of hydrogen-bond donors (Lipinski definition) is 2. The van der Waals surface area contributed by atoms with Gasteiger partial charge in [0.05, 0.1) is 6.54 Å². The first kappa shape index (κ1) is 13.7. The second kappa shape index (κ2) is 5.29. The molecule has 1 aromatic heterocycles. The van der Waals surface area contributed by atoms with Crippen molar-refractivity contribution in [3.63, 3.8) is 0 Å². The Morgan fingerprint density at radius 3 is 2.82 bits per heavy atom. The minimum absolute atomic E-state index is 0.406. The van der Waals surface area contributed by atoms with E-state index in [1.165, 1.54) is 6.92 Å². The summed E-state index contributed by atoms with van der Waals surface area (Å²) >= 11 is 0. The lowest BCUT2D eigenvalue weighted by molar-refractivity contribution is -0.143. The monoisotopic (exact) mass is 240 g/mol. The Labute approximate surface area is 101 Å². The van der Waals surface area contributed by atoms with Crippen molar-refractivity contribution < 1.29 is 9.90 Å². The van der Waals surface area contributed by atoms with Gasteiger partial charge >= 0.3 is 5.97 Å². The largest absolute Gasteiger partial charge is 0.480 e. The summed E-state index contributed by atoms with van der Waals surface area (Å²) in [6.45, 7) is 2.83. The second-order valence-corrected chi connectivity index (χ2v) is 4.66. The van der Waals surface area contributed by atoms with E-state index in [-0.39, 0.29) is 0 Å². The van der Waals surface area contributed by atoms with Gasteiger partial charge in [-0.15, -0.1) is 0 Å². The van der Waals surface area contributed by atoms with Crippen LogP contribution in [0, 0.1) is 0 Å². The number of aryl methyl sites for hydroxylation is 1. The van der Waals surface area contributed by atoms with E-state index in [9.17, 15) is 4.79 Å². The lowest BCUT2D eigenvalue weighted by atomic mass is 9.99. The molecule has 1 unspecified atom stereocenters. The molecule has 17 heavy (non-hydrogen) atoms. The molecule has 0 bridgehead atoms. The first-order valence-corrected chi connectivity index (χ1v) is 5.50. The average molecular weight is 240 g/mol. The van der Waals surface area contributed by atoms with Gasteiger partial charge in [0, 0.05) is 26.0 Å². The Balaban J connectivity index is 2.43. The molecule has 96 valence electrons. The SMILES string of the molecule is CN(CCC(C)(N)C(=O)O)Cc1nccn1C. The van der Waals surface area contributed by atoms with E-state index in [2.05, 4.69) is 4.98 Å². The summed E-state index contributed by atoms with van der Waals surface area (Å²) < 4.78 is 1.94. The molecule has 6 nitrogen and oxygen atoms in total. The van der Waals surface area contributed by atoms with Crippen LogP contribution in [0.3, 0.4) is 0 Å². The fourth-order valence-electron chi connectivity index (χ4n) is 1.40. The van der Waals surface area contributed by atoms with Crippen LogP contribution < -0.4 is 5.73 Å². The molecule has 0 spiro atoms. The molecule has 0 amide bonds. The van der Waals surface area contributed by atoms with E-state index in [0.717, 1.165) is 5.82 Å². The van der Waals surface area contributed by atoms with Crippen molar-refractivity contribution in [2.75, 3.05) is 13.6 Å². The second-order valence-electron chi connectivity index (χ2n) is 4.66. The third-order valence-corrected chi connectivity index (χ3v) is 2.83. The van der Waals surface area contributed by atoms with E-state index in [0.29, 0.717) is 19.5 Å². The van der Waals surface area contributed by atoms with E-state index < -0.39 is 11.5 Å². The Bertz CT molecular complexity index is 387. The maximum atomic E-state index is 10.8. The molecule has 0 saturated heterocycles. The molecule has 0 radical (unpaired) electrons. The highest BCUT2D eigenvalue weighted by atomic mass is 16.4. The number of nitrogens with two attached hydrogens (primary N) is 1. The fourth-order valence-corrected chi connectivity index (χ4v) is 1.40. The predicted octanol–water partition coefficient (Wildman–Crippen LogP) is 0.0440. The van der Waals surface area contributed by atoms with Crippen molar-refractivity contribution in [2.45, 2.75) is 25.4 Å². The van der Waals surface area contributed by atoms with Gasteiger partial charge in [0.15, 0.2) is 0 Å². The molecule has 3 N–H and O–H groups in total. The van der Waals surface area contributed by atoms with E-state index in [1.807, 2.05) is 29.8 Å². The van der Waals surface area contributed by atoms with Gasteiger partial charge in [0.1, 0.15) is 11.4 Å². The average Bonchev–Trinajstić information content (AvgIpc) is 2.61. The summed E-state index contributed by atoms with van der Waals surface area (Å²) in [6.07, 6.45) is 4.03. The van der Waals surface area contributed by atoms with Crippen LogP contribution in [0.1, 0.15) is 19.2 Å². The standard InChI is InChI=1S/C11H20N4O2/c1-11(12,10(16)17)4-6-14(2)8-9-13-5-7-15(9)3/h5,7H,4,6,8,12H2,1-3H3,(H,16,17). The van der Waals surface area contributed by atoms with Crippen molar-refractivity contribution in [1.29, 1.82) is 0 Å². The summed E-state index contributed by atoms with van der Waals surface area (Å²) in [4.78, 5) is 17.1. The molecule has 0 fully saturated rings. The highest BCUT2D eigenvalue weighted by molar-refractivity contribution is 5.77. The Kier molecular flexibility index (Phi) is 4.25. The number of carboxylic acids is 1. The Morgan fingerprint density at radius 1 is 1.71 bits per heavy atom. The number of hydrogen-bond acceptors (Lipinski definition) is 4. The highest BCUT2D eigenvalue weighted by Crippen LogP contribution is 2.08. The normalized spacial score (nSPS) is 14.9. The molecule has 1 rings (SSSR count). The van der Waals surface area contributed by atoms with Crippen molar-refractivity contribution in [2.24, 2.45) is 12.8 Å². The molecule has 0 aromatic carbocycles. The van der Waals surface area contributed by atoms with Gasteiger partial charge < -0.3 is 15.4 Å². The van der Waals surface area contributed by atoms with Crippen LogP contribution in [0.15, 0.2) is 12.4 Å². The summed E-state index contributed by atoms with van der Waals surface area (Å²) in [6, 6.07) is 0. The van der Waals surface area contributed by atoms with Crippen LogP contribution in [-0.4, -0.2) is 44.7 Å². The number of carbonyl (C=O) groups is 1. The summed E-state index contributed by atoms with van der Waals surface area (Å²) in [5, 5.41) is 8.89. The van der Waals surface area contributed by atoms with Crippen molar-refractivity contribution in [1.82, 2.24) is 14.5 Å². The molecule has 0 saturated carbocycles. The van der Waals surface area contributed by atoms with Crippen molar-refractivity contribution in [3.8, 4) is 0 Å². The van der Waals surface area contributed by atoms with Gasteiger partial charge in [0.2, 0.25) is 0 Å². The smallest absolute Gasteiger partial charge is 0.323 e. The molecule has 0 aliphatic carbocycles. The Morgan fingerprint density at radius 2 is 2.35 bits per heavy atom. The number of aromatic nitrogens is 2. The maximum Gasteiger partial charge on any atom is 0.323 e. The van der Waals surface area contributed by atoms with Crippen LogP contribution in [0.2, 0.25) is 0 Å². The number of carboxylic acid groups (broad SMARTS) is 1. The fraction of sp³-hybridized carbons (Fsp3) is 0.636. The van der Waals surface area contributed by atoms with Crippen LogP contribution in [0.5, 0.6) is 0 Å². The number of nitrogens with zero attached hydrogens (tertiary/aromatic N) is 3. The third-order valence-electron chi connectivity index (χ3n) is 2.83. The first-order valence-electron chi connectivity index (χ1n) is 5.50. The predicted molar refractivity (Wildman–Crippen MR) is 64.4 cm³/mol. The maximum absolute atomic E-state index is 10.8. The number of aliphatic carboxylic acids is 1. The molecular weight excluding hydrogens is 220 g/mol. The minimum Gasteiger partial charge on any atom is -0.480 e. The first-order chi connectivity index (χ1) is 7.83. The quantitative estimate of drug-likeness (QED) is 0.733. The highest BCUT2D eigenvalue weighted by Gasteiger charge is 2.27. The number of imidazole rings is 1. The van der Waals surface area contributed by atoms with Crippen LogP contribution in [-0.2, 0) is 18.4 Å². The molecule has 1 heterocycles. The summed E-state index contributed by atoms with van der Waals surface area (Å²) in [5.41, 5.74) is 4.49. The van der Waals surface area contributed by atoms with E-state index in [1.54, 1.807) is 6.20 Å². The molecular formula is C11H20N4O2. The van der Waals surface area contributed by atoms with E-state index in [4.69, 9.17) is 10.8 Å². The zero-order valence-corrected chi connectivity index (χ0v) is 10.6. The molecule has 1 aromatic rings. The van der Waals surface area contributed by atoms with Gasteiger partial charge in [-0.05, 0) is 20.4 Å².